The third-order valence-electron chi connectivity index (χ3n) is 3.06. The second kappa shape index (κ2) is 5.65. The lowest BCUT2D eigenvalue weighted by atomic mass is 9.95. The van der Waals surface area contributed by atoms with Crippen molar-refractivity contribution in [2.75, 3.05) is 7.11 Å². The van der Waals surface area contributed by atoms with Gasteiger partial charge in [-0.05, 0) is 31.2 Å². The number of phenols is 1. The second-order valence-electron chi connectivity index (χ2n) is 4.49. The average Bonchev–Trinajstić information content (AvgIpc) is 2.48. The molecule has 0 saturated heterocycles. The molecule has 2 aromatic rings. The third-order valence-corrected chi connectivity index (χ3v) is 3.06. The first-order chi connectivity index (χ1) is 9.56. The minimum absolute atomic E-state index is 0.126. The molecule has 1 unspecified atom stereocenters. The maximum absolute atomic E-state index is 12.1. The number of esters is 1. The summed E-state index contributed by atoms with van der Waals surface area (Å²) in [4.78, 5) is 12.1. The molecule has 2 aromatic carbocycles. The van der Waals surface area contributed by atoms with Gasteiger partial charge in [-0.15, -0.1) is 0 Å². The number of hydrogen-bond donors (Lipinski definition) is 1. The number of carbonyl (C=O) groups is 1. The van der Waals surface area contributed by atoms with Crippen LogP contribution in [0.15, 0.2) is 54.6 Å². The molecule has 4 heteroatoms. The van der Waals surface area contributed by atoms with Gasteiger partial charge in [-0.3, -0.25) is 0 Å². The Hall–Kier alpha value is -2.49. The van der Waals surface area contributed by atoms with E-state index in [1.54, 1.807) is 31.2 Å². The van der Waals surface area contributed by atoms with Crippen LogP contribution in [0.1, 0.15) is 12.5 Å². The molecule has 104 valence electrons. The predicted octanol–water partition coefficient (Wildman–Crippen LogP) is 2.86. The Morgan fingerprint density at radius 3 is 2.20 bits per heavy atom. The number of ether oxygens (including phenoxy) is 2. The van der Waals surface area contributed by atoms with Gasteiger partial charge in [0.05, 0.1) is 7.11 Å². The van der Waals surface area contributed by atoms with Crippen molar-refractivity contribution in [1.29, 1.82) is 0 Å². The molecule has 0 aliphatic carbocycles. The lowest BCUT2D eigenvalue weighted by Crippen LogP contribution is -2.39. The Balaban J connectivity index is 2.40. The van der Waals surface area contributed by atoms with E-state index in [-0.39, 0.29) is 5.75 Å². The van der Waals surface area contributed by atoms with E-state index in [0.717, 1.165) is 0 Å². The fourth-order valence-electron chi connectivity index (χ4n) is 1.92. The van der Waals surface area contributed by atoms with Crippen LogP contribution in [-0.4, -0.2) is 18.2 Å². The van der Waals surface area contributed by atoms with Crippen LogP contribution in [0.5, 0.6) is 11.5 Å². The van der Waals surface area contributed by atoms with Crippen LogP contribution in [0.2, 0.25) is 0 Å². The number of aromatic hydroxyl groups is 1. The highest BCUT2D eigenvalue weighted by atomic mass is 16.6. The largest absolute Gasteiger partial charge is 0.508 e. The first-order valence-corrected chi connectivity index (χ1v) is 6.18. The second-order valence-corrected chi connectivity index (χ2v) is 4.49. The molecule has 0 fully saturated rings. The molecule has 0 heterocycles. The minimum Gasteiger partial charge on any atom is -0.508 e. The van der Waals surface area contributed by atoms with Gasteiger partial charge in [-0.1, -0.05) is 30.3 Å². The summed E-state index contributed by atoms with van der Waals surface area (Å²) in [7, 11) is 1.31. The van der Waals surface area contributed by atoms with E-state index >= 15 is 0 Å². The van der Waals surface area contributed by atoms with Crippen molar-refractivity contribution in [3.8, 4) is 11.5 Å². The highest BCUT2D eigenvalue weighted by molar-refractivity contribution is 5.81. The fraction of sp³-hybridized carbons (Fsp3) is 0.188. The Kier molecular flexibility index (Phi) is 3.94. The summed E-state index contributed by atoms with van der Waals surface area (Å²) >= 11 is 0. The van der Waals surface area contributed by atoms with Crippen molar-refractivity contribution in [3.05, 3.63) is 60.2 Å². The molecular formula is C16H16O4. The van der Waals surface area contributed by atoms with Crippen LogP contribution in [0.25, 0.3) is 0 Å². The molecule has 0 aliphatic heterocycles. The van der Waals surface area contributed by atoms with E-state index in [2.05, 4.69) is 0 Å². The molecule has 1 atom stereocenters. The van der Waals surface area contributed by atoms with Crippen molar-refractivity contribution in [2.24, 2.45) is 0 Å². The number of rotatable bonds is 4. The fourth-order valence-corrected chi connectivity index (χ4v) is 1.92. The zero-order chi connectivity index (χ0) is 14.6. The van der Waals surface area contributed by atoms with Crippen LogP contribution in [-0.2, 0) is 15.1 Å². The molecular weight excluding hydrogens is 256 g/mol. The standard InChI is InChI=1S/C16H16O4/c1-16(15(18)19-2,12-8-10-13(17)11-9-12)20-14-6-4-3-5-7-14/h3-11,17H,1-2H3. The molecule has 1 N–H and O–H groups in total. The molecule has 0 saturated carbocycles. The number of phenolic OH excluding ortho intramolecular Hbond substituents is 1. The van der Waals surface area contributed by atoms with Gasteiger partial charge in [0, 0.05) is 5.56 Å². The van der Waals surface area contributed by atoms with Gasteiger partial charge in [0.1, 0.15) is 11.5 Å². The van der Waals surface area contributed by atoms with Crippen LogP contribution >= 0.6 is 0 Å². The highest BCUT2D eigenvalue weighted by Gasteiger charge is 2.39. The van der Waals surface area contributed by atoms with Gasteiger partial charge in [0.2, 0.25) is 5.60 Å². The zero-order valence-electron chi connectivity index (χ0n) is 11.4. The van der Waals surface area contributed by atoms with Crippen molar-refractivity contribution < 1.29 is 19.4 Å². The molecule has 2 rings (SSSR count). The Bertz CT molecular complexity index is 577. The summed E-state index contributed by atoms with van der Waals surface area (Å²) in [5.74, 6) is 0.182. The molecule has 0 aromatic heterocycles. The Morgan fingerprint density at radius 2 is 1.65 bits per heavy atom. The highest BCUT2D eigenvalue weighted by Crippen LogP contribution is 2.30. The average molecular weight is 272 g/mol. The summed E-state index contributed by atoms with van der Waals surface area (Å²) in [5, 5.41) is 9.35. The molecule has 0 aliphatic rings. The van der Waals surface area contributed by atoms with Gasteiger partial charge in [-0.25, -0.2) is 4.79 Å². The van der Waals surface area contributed by atoms with E-state index in [1.165, 1.54) is 19.2 Å². The minimum atomic E-state index is -1.27. The van der Waals surface area contributed by atoms with E-state index < -0.39 is 11.6 Å². The van der Waals surface area contributed by atoms with E-state index in [9.17, 15) is 9.90 Å². The zero-order valence-corrected chi connectivity index (χ0v) is 11.4. The lowest BCUT2D eigenvalue weighted by Gasteiger charge is -2.28. The molecule has 0 bridgehead atoms. The summed E-state index contributed by atoms with van der Waals surface area (Å²) in [5.41, 5.74) is -0.671. The molecule has 0 radical (unpaired) electrons. The molecule has 0 amide bonds. The quantitative estimate of drug-likeness (QED) is 0.869. The number of hydrogen-bond acceptors (Lipinski definition) is 4. The predicted molar refractivity (Wildman–Crippen MR) is 74.5 cm³/mol. The monoisotopic (exact) mass is 272 g/mol. The van der Waals surface area contributed by atoms with Gasteiger partial charge in [0.25, 0.3) is 0 Å². The Morgan fingerprint density at radius 1 is 1.05 bits per heavy atom. The normalized spacial score (nSPS) is 13.3. The van der Waals surface area contributed by atoms with Crippen molar-refractivity contribution in [1.82, 2.24) is 0 Å². The third kappa shape index (κ3) is 2.74. The topological polar surface area (TPSA) is 55.8 Å². The van der Waals surface area contributed by atoms with Crippen LogP contribution in [0.4, 0.5) is 0 Å². The van der Waals surface area contributed by atoms with Gasteiger partial charge >= 0.3 is 5.97 Å². The number of benzene rings is 2. The molecule has 0 spiro atoms. The summed E-state index contributed by atoms with van der Waals surface area (Å²) in [6.07, 6.45) is 0. The lowest BCUT2D eigenvalue weighted by molar-refractivity contribution is -0.158. The Labute approximate surface area is 117 Å². The molecule has 4 nitrogen and oxygen atoms in total. The number of carbonyl (C=O) groups excluding carboxylic acids is 1. The maximum atomic E-state index is 12.1. The number of methoxy groups -OCH3 is 1. The van der Waals surface area contributed by atoms with Crippen LogP contribution in [0, 0.1) is 0 Å². The van der Waals surface area contributed by atoms with Crippen molar-refractivity contribution in [3.63, 3.8) is 0 Å². The first kappa shape index (κ1) is 13.9. The number of para-hydroxylation sites is 1. The molecule has 20 heavy (non-hydrogen) atoms. The van der Waals surface area contributed by atoms with E-state index in [0.29, 0.717) is 11.3 Å². The van der Waals surface area contributed by atoms with E-state index in [4.69, 9.17) is 9.47 Å². The summed E-state index contributed by atoms with van der Waals surface area (Å²) in [6.45, 7) is 1.64. The van der Waals surface area contributed by atoms with Crippen molar-refractivity contribution in [2.45, 2.75) is 12.5 Å². The van der Waals surface area contributed by atoms with Crippen LogP contribution < -0.4 is 4.74 Å². The van der Waals surface area contributed by atoms with Crippen LogP contribution in [0.3, 0.4) is 0 Å². The first-order valence-electron chi connectivity index (χ1n) is 6.18. The summed E-state index contributed by atoms with van der Waals surface area (Å²) in [6, 6.07) is 15.3. The maximum Gasteiger partial charge on any atom is 0.354 e. The SMILES string of the molecule is COC(=O)C(C)(Oc1ccccc1)c1ccc(O)cc1. The van der Waals surface area contributed by atoms with Gasteiger partial charge < -0.3 is 14.6 Å². The smallest absolute Gasteiger partial charge is 0.354 e. The van der Waals surface area contributed by atoms with Crippen molar-refractivity contribution >= 4 is 5.97 Å². The van der Waals surface area contributed by atoms with E-state index in [1.807, 2.05) is 18.2 Å². The summed E-state index contributed by atoms with van der Waals surface area (Å²) < 4.78 is 10.7. The van der Waals surface area contributed by atoms with Gasteiger partial charge in [0.15, 0.2) is 0 Å². The van der Waals surface area contributed by atoms with Gasteiger partial charge in [-0.2, -0.15) is 0 Å².